The third-order valence-corrected chi connectivity index (χ3v) is 6.18. The maximum Gasteiger partial charge on any atom is 0.166 e. The number of fused-ring (bicyclic) bond motifs is 1. The second-order valence-electron chi connectivity index (χ2n) is 7.07. The average Bonchev–Trinajstić information content (AvgIpc) is 3.15. The van der Waals surface area contributed by atoms with Crippen molar-refractivity contribution in [3.8, 4) is 0 Å². The Balaban J connectivity index is 1.34. The first-order valence-electron chi connectivity index (χ1n) is 9.56. The van der Waals surface area contributed by atoms with Crippen LogP contribution in [0.4, 0.5) is 10.1 Å². The molecule has 1 aliphatic rings. The fourth-order valence-corrected chi connectivity index (χ4v) is 4.44. The highest BCUT2D eigenvalue weighted by Gasteiger charge is 2.20. The SMILES string of the molecule is CSc1ccccc1N1CCN(CCC(=O)c2c[nH]c3ccc(F)cc23)CC1. The standard InChI is InChI=1S/C22H24FN3OS/c1-28-22-5-3-2-4-20(22)26-12-10-25(11-13-26)9-8-21(27)18-15-24-19-7-6-16(23)14-17(18)19/h2-7,14-15,24H,8-13H2,1H3. The van der Waals surface area contributed by atoms with Gasteiger partial charge in [-0.05, 0) is 36.6 Å². The fourth-order valence-electron chi connectivity index (χ4n) is 3.82. The molecule has 0 radical (unpaired) electrons. The molecule has 2 aromatic carbocycles. The van der Waals surface area contributed by atoms with Crippen LogP contribution < -0.4 is 4.90 Å². The second-order valence-corrected chi connectivity index (χ2v) is 7.91. The van der Waals surface area contributed by atoms with Crippen molar-refractivity contribution in [3.63, 3.8) is 0 Å². The van der Waals surface area contributed by atoms with Gasteiger partial charge in [0.25, 0.3) is 0 Å². The van der Waals surface area contributed by atoms with Crippen molar-refractivity contribution in [2.75, 3.05) is 43.9 Å². The van der Waals surface area contributed by atoms with Gasteiger partial charge in [0.05, 0.1) is 5.69 Å². The molecule has 0 amide bonds. The monoisotopic (exact) mass is 397 g/mol. The molecule has 2 heterocycles. The molecule has 0 spiro atoms. The number of H-pyrrole nitrogens is 1. The van der Waals surface area contributed by atoms with Gasteiger partial charge in [-0.1, -0.05) is 12.1 Å². The van der Waals surface area contributed by atoms with E-state index >= 15 is 0 Å². The summed E-state index contributed by atoms with van der Waals surface area (Å²) in [6.45, 7) is 4.55. The minimum Gasteiger partial charge on any atom is -0.368 e. The molecule has 0 bridgehead atoms. The number of hydrogen-bond acceptors (Lipinski definition) is 4. The van der Waals surface area contributed by atoms with Crippen LogP contribution in [0.15, 0.2) is 53.6 Å². The summed E-state index contributed by atoms with van der Waals surface area (Å²) in [4.78, 5) is 21.8. The average molecular weight is 398 g/mol. The van der Waals surface area contributed by atoms with Crippen molar-refractivity contribution in [2.24, 2.45) is 0 Å². The van der Waals surface area contributed by atoms with Crippen LogP contribution in [0, 0.1) is 5.82 Å². The van der Waals surface area contributed by atoms with E-state index in [2.05, 4.69) is 45.3 Å². The molecule has 0 atom stereocenters. The largest absolute Gasteiger partial charge is 0.368 e. The lowest BCUT2D eigenvalue weighted by Crippen LogP contribution is -2.47. The number of piperazine rings is 1. The molecule has 3 aromatic rings. The Bertz CT molecular complexity index is 979. The number of rotatable bonds is 6. The van der Waals surface area contributed by atoms with Gasteiger partial charge in [-0.25, -0.2) is 4.39 Å². The molecule has 1 N–H and O–H groups in total. The smallest absolute Gasteiger partial charge is 0.166 e. The molecule has 1 saturated heterocycles. The van der Waals surface area contributed by atoms with Crippen molar-refractivity contribution in [1.29, 1.82) is 0 Å². The van der Waals surface area contributed by atoms with Gasteiger partial charge in [-0.2, -0.15) is 0 Å². The van der Waals surface area contributed by atoms with E-state index in [4.69, 9.17) is 0 Å². The molecule has 1 aromatic heterocycles. The number of ketones is 1. The number of nitrogens with one attached hydrogen (secondary N) is 1. The van der Waals surface area contributed by atoms with Crippen molar-refractivity contribution in [1.82, 2.24) is 9.88 Å². The number of halogens is 1. The van der Waals surface area contributed by atoms with Crippen LogP contribution in [0.5, 0.6) is 0 Å². The summed E-state index contributed by atoms with van der Waals surface area (Å²) in [7, 11) is 0. The van der Waals surface area contributed by atoms with E-state index in [9.17, 15) is 9.18 Å². The molecule has 0 aliphatic carbocycles. The Morgan fingerprint density at radius 3 is 2.71 bits per heavy atom. The lowest BCUT2D eigenvalue weighted by Gasteiger charge is -2.36. The summed E-state index contributed by atoms with van der Waals surface area (Å²) in [5.41, 5.74) is 2.68. The predicted molar refractivity (Wildman–Crippen MR) is 114 cm³/mol. The molecule has 1 aliphatic heterocycles. The zero-order valence-electron chi connectivity index (χ0n) is 16.0. The van der Waals surface area contributed by atoms with Crippen LogP contribution in [0.1, 0.15) is 16.8 Å². The molecule has 28 heavy (non-hydrogen) atoms. The van der Waals surface area contributed by atoms with Gasteiger partial charge in [0.15, 0.2) is 5.78 Å². The van der Waals surface area contributed by atoms with Crippen molar-refractivity contribution >= 4 is 34.1 Å². The molecule has 0 saturated carbocycles. The minimum absolute atomic E-state index is 0.0620. The van der Waals surface area contributed by atoms with Gasteiger partial charge in [-0.3, -0.25) is 9.69 Å². The minimum atomic E-state index is -0.317. The van der Waals surface area contributed by atoms with E-state index in [1.807, 2.05) is 0 Å². The Morgan fingerprint density at radius 2 is 1.93 bits per heavy atom. The fraction of sp³-hybridized carbons (Fsp3) is 0.318. The van der Waals surface area contributed by atoms with E-state index in [0.29, 0.717) is 17.4 Å². The van der Waals surface area contributed by atoms with Crippen molar-refractivity contribution < 1.29 is 9.18 Å². The number of para-hydroxylation sites is 1. The maximum absolute atomic E-state index is 13.5. The van der Waals surface area contributed by atoms with Gasteiger partial charge >= 0.3 is 0 Å². The van der Waals surface area contributed by atoms with Gasteiger partial charge in [-0.15, -0.1) is 11.8 Å². The Labute approximate surface area is 168 Å². The summed E-state index contributed by atoms with van der Waals surface area (Å²) in [6, 6.07) is 13.0. The lowest BCUT2D eigenvalue weighted by atomic mass is 10.1. The van der Waals surface area contributed by atoms with Gasteiger partial charge in [0.1, 0.15) is 5.82 Å². The zero-order chi connectivity index (χ0) is 19.5. The maximum atomic E-state index is 13.5. The third kappa shape index (κ3) is 3.93. The number of thioether (sulfide) groups is 1. The molecule has 146 valence electrons. The molecule has 1 fully saturated rings. The number of carbonyl (C=O) groups excluding carboxylic acids is 1. The number of hydrogen-bond donors (Lipinski definition) is 1. The summed E-state index contributed by atoms with van der Waals surface area (Å²) < 4.78 is 13.5. The summed E-state index contributed by atoms with van der Waals surface area (Å²) in [5.74, 6) is -0.255. The lowest BCUT2D eigenvalue weighted by molar-refractivity contribution is 0.0964. The van der Waals surface area contributed by atoms with E-state index in [0.717, 1.165) is 38.2 Å². The van der Waals surface area contributed by atoms with Crippen LogP contribution in [-0.2, 0) is 0 Å². The first kappa shape index (κ1) is 19.0. The van der Waals surface area contributed by atoms with Gasteiger partial charge < -0.3 is 9.88 Å². The summed E-state index contributed by atoms with van der Waals surface area (Å²) in [5, 5.41) is 0.670. The Morgan fingerprint density at radius 1 is 1.14 bits per heavy atom. The highest BCUT2D eigenvalue weighted by atomic mass is 32.2. The topological polar surface area (TPSA) is 39.3 Å². The van der Waals surface area contributed by atoms with Crippen LogP contribution >= 0.6 is 11.8 Å². The number of nitrogens with zero attached hydrogens (tertiary/aromatic N) is 2. The van der Waals surface area contributed by atoms with Crippen LogP contribution in [0.3, 0.4) is 0 Å². The first-order valence-corrected chi connectivity index (χ1v) is 10.8. The number of aromatic amines is 1. The number of benzene rings is 2. The highest BCUT2D eigenvalue weighted by molar-refractivity contribution is 7.98. The van der Waals surface area contributed by atoms with E-state index < -0.39 is 0 Å². The number of aromatic nitrogens is 1. The summed E-state index contributed by atoms with van der Waals surface area (Å²) in [6.07, 6.45) is 4.26. The second kappa shape index (κ2) is 8.37. The van der Waals surface area contributed by atoms with E-state index in [1.165, 1.54) is 22.7 Å². The van der Waals surface area contributed by atoms with Gasteiger partial charge in [0, 0.05) is 66.7 Å². The summed E-state index contributed by atoms with van der Waals surface area (Å²) >= 11 is 1.77. The van der Waals surface area contributed by atoms with Crippen LogP contribution in [-0.4, -0.2) is 54.6 Å². The van der Waals surface area contributed by atoms with Gasteiger partial charge in [0.2, 0.25) is 0 Å². The van der Waals surface area contributed by atoms with E-state index in [1.54, 1.807) is 24.0 Å². The Kier molecular flexibility index (Phi) is 5.69. The number of anilines is 1. The number of Topliss-reactive ketones (excluding diaryl/α,β-unsaturated/α-hetero) is 1. The molecule has 6 heteroatoms. The van der Waals surface area contributed by atoms with Crippen LogP contribution in [0.2, 0.25) is 0 Å². The molecule has 4 rings (SSSR count). The number of carbonyl (C=O) groups is 1. The molecular formula is C22H24FN3OS. The predicted octanol–water partition coefficient (Wildman–Crippen LogP) is 4.42. The zero-order valence-corrected chi connectivity index (χ0v) is 16.8. The van der Waals surface area contributed by atoms with Crippen molar-refractivity contribution in [3.05, 3.63) is 60.0 Å². The third-order valence-electron chi connectivity index (χ3n) is 5.40. The quantitative estimate of drug-likeness (QED) is 0.494. The van der Waals surface area contributed by atoms with Crippen LogP contribution in [0.25, 0.3) is 10.9 Å². The molecule has 0 unspecified atom stereocenters. The van der Waals surface area contributed by atoms with E-state index in [-0.39, 0.29) is 11.6 Å². The Hall–Kier alpha value is -2.31. The molecule has 4 nitrogen and oxygen atoms in total. The normalized spacial score (nSPS) is 15.3. The highest BCUT2D eigenvalue weighted by Crippen LogP contribution is 2.29. The molecular weight excluding hydrogens is 373 g/mol. The first-order chi connectivity index (χ1) is 13.7. The van der Waals surface area contributed by atoms with Crippen molar-refractivity contribution in [2.45, 2.75) is 11.3 Å².